The molecule has 3 N–H and O–H groups in total. The molecule has 0 aromatic rings. The van der Waals surface area contributed by atoms with Crippen LogP contribution >= 0.6 is 0 Å². The van der Waals surface area contributed by atoms with E-state index in [0.717, 1.165) is 19.4 Å². The first-order chi connectivity index (χ1) is 10.2. The lowest BCUT2D eigenvalue weighted by Gasteiger charge is -2.60. The number of carbonyl (C=O) groups excluding carboxylic acids is 1. The van der Waals surface area contributed by atoms with E-state index in [1.165, 1.54) is 19.3 Å². The molecule has 3 rings (SSSR count). The van der Waals surface area contributed by atoms with Crippen molar-refractivity contribution in [2.75, 3.05) is 13.2 Å². The Kier molecular flexibility index (Phi) is 4.22. The van der Waals surface area contributed by atoms with Gasteiger partial charge in [0.15, 0.2) is 0 Å². The van der Waals surface area contributed by atoms with Crippen LogP contribution in [0.25, 0.3) is 0 Å². The first-order valence-corrected chi connectivity index (χ1v) is 8.15. The third kappa shape index (κ3) is 2.69. The highest BCUT2D eigenvalue weighted by Gasteiger charge is 2.59. The summed E-state index contributed by atoms with van der Waals surface area (Å²) in [5, 5.41) is 15.2. The summed E-state index contributed by atoms with van der Waals surface area (Å²) in [6, 6.07) is 0.207. The van der Waals surface area contributed by atoms with Crippen molar-refractivity contribution < 1.29 is 14.6 Å². The van der Waals surface area contributed by atoms with Crippen LogP contribution in [0.4, 0.5) is 4.79 Å². The average molecular weight is 294 g/mol. The van der Waals surface area contributed by atoms with Crippen LogP contribution in [-0.4, -0.2) is 42.5 Å². The molecule has 1 spiro atoms. The zero-order chi connectivity index (χ0) is 14.9. The van der Waals surface area contributed by atoms with Crippen molar-refractivity contribution in [3.05, 3.63) is 12.2 Å². The first kappa shape index (κ1) is 14.9. The van der Waals surface area contributed by atoms with Crippen LogP contribution in [0.15, 0.2) is 12.2 Å². The van der Waals surface area contributed by atoms with Crippen molar-refractivity contribution in [2.24, 2.45) is 11.3 Å². The maximum absolute atomic E-state index is 12.1. The predicted molar refractivity (Wildman–Crippen MR) is 79.9 cm³/mol. The topological polar surface area (TPSA) is 70.6 Å². The molecule has 2 saturated carbocycles. The number of carbonyl (C=O) groups is 1. The van der Waals surface area contributed by atoms with Crippen molar-refractivity contribution in [1.82, 2.24) is 10.6 Å². The lowest BCUT2D eigenvalue weighted by atomic mass is 9.51. The second kappa shape index (κ2) is 5.97. The van der Waals surface area contributed by atoms with Crippen molar-refractivity contribution in [2.45, 2.75) is 57.2 Å². The minimum atomic E-state index is -0.0885. The molecule has 21 heavy (non-hydrogen) atoms. The summed E-state index contributed by atoms with van der Waals surface area (Å²) < 4.78 is 5.80. The molecule has 2 amide bonds. The van der Waals surface area contributed by atoms with Crippen molar-refractivity contribution >= 4 is 6.03 Å². The highest BCUT2D eigenvalue weighted by molar-refractivity contribution is 5.75. The molecule has 0 saturated heterocycles. The fourth-order valence-electron chi connectivity index (χ4n) is 4.03. The molecule has 0 radical (unpaired) electrons. The minimum absolute atomic E-state index is 0.0438. The molecule has 5 nitrogen and oxygen atoms in total. The Balaban J connectivity index is 1.47. The van der Waals surface area contributed by atoms with Crippen molar-refractivity contribution in [1.29, 1.82) is 0 Å². The molecule has 5 heteroatoms. The number of amides is 2. The molecule has 4 atom stereocenters. The maximum Gasteiger partial charge on any atom is 0.315 e. The molecule has 0 aromatic heterocycles. The second-order valence-electron chi connectivity index (χ2n) is 6.61. The Hall–Kier alpha value is -1.07. The summed E-state index contributed by atoms with van der Waals surface area (Å²) in [7, 11) is 0. The van der Waals surface area contributed by atoms with Crippen molar-refractivity contribution in [3.63, 3.8) is 0 Å². The van der Waals surface area contributed by atoms with E-state index in [9.17, 15) is 4.79 Å². The van der Waals surface area contributed by atoms with Gasteiger partial charge < -0.3 is 20.5 Å². The van der Waals surface area contributed by atoms with Gasteiger partial charge in [0.2, 0.25) is 0 Å². The fraction of sp³-hybridized carbons (Fsp3) is 0.812. The van der Waals surface area contributed by atoms with Crippen LogP contribution < -0.4 is 10.6 Å². The second-order valence-corrected chi connectivity index (χ2v) is 6.61. The van der Waals surface area contributed by atoms with Gasteiger partial charge in [0.25, 0.3) is 0 Å². The van der Waals surface area contributed by atoms with E-state index in [4.69, 9.17) is 9.84 Å². The number of urea groups is 1. The number of aliphatic hydroxyl groups is 1. The first-order valence-electron chi connectivity index (χ1n) is 8.15. The number of hydrogen-bond donors (Lipinski definition) is 3. The van der Waals surface area contributed by atoms with E-state index in [0.29, 0.717) is 6.10 Å². The van der Waals surface area contributed by atoms with Crippen LogP contribution in [0.2, 0.25) is 0 Å². The molecule has 118 valence electrons. The van der Waals surface area contributed by atoms with Crippen LogP contribution in [-0.2, 0) is 4.74 Å². The largest absolute Gasteiger partial charge is 0.396 e. The summed E-state index contributed by atoms with van der Waals surface area (Å²) >= 11 is 0. The van der Waals surface area contributed by atoms with E-state index in [1.54, 1.807) is 0 Å². The minimum Gasteiger partial charge on any atom is -0.396 e. The van der Waals surface area contributed by atoms with Crippen LogP contribution in [0.1, 0.15) is 39.0 Å². The Morgan fingerprint density at radius 2 is 2.14 bits per heavy atom. The SMILES string of the molecule is CCOC1CC(NC(=O)N[C@@H]2C=C[C@H](CO)C2)C12CCC2. The standard InChI is InChI=1S/C16H26N2O3/c1-2-21-14-9-13(16(14)6-3-7-16)18-15(20)17-12-5-4-11(8-12)10-19/h4-5,11-14,19H,2-3,6-10H2,1H3,(H2,17,18,20)/t11-,12+,13?,14?/m0/s1. The number of aliphatic hydroxyl groups excluding tert-OH is 1. The highest BCUT2D eigenvalue weighted by Crippen LogP contribution is 2.57. The Morgan fingerprint density at radius 1 is 1.33 bits per heavy atom. The molecule has 3 aliphatic rings. The van der Waals surface area contributed by atoms with Gasteiger partial charge in [-0.25, -0.2) is 4.79 Å². The highest BCUT2D eigenvalue weighted by atomic mass is 16.5. The van der Waals surface area contributed by atoms with Gasteiger partial charge in [-0.05, 0) is 32.6 Å². The normalized spacial score (nSPS) is 36.1. The summed E-state index contributed by atoms with van der Waals surface area (Å²) in [5.74, 6) is 0.180. The van der Waals surface area contributed by atoms with Crippen LogP contribution in [0.5, 0.6) is 0 Å². The Morgan fingerprint density at radius 3 is 2.71 bits per heavy atom. The molecule has 0 heterocycles. The van der Waals surface area contributed by atoms with Gasteiger partial charge >= 0.3 is 6.03 Å². The van der Waals surface area contributed by atoms with E-state index in [2.05, 4.69) is 10.6 Å². The lowest BCUT2D eigenvalue weighted by molar-refractivity contribution is -0.169. The van der Waals surface area contributed by atoms with Crippen LogP contribution in [0.3, 0.4) is 0 Å². The van der Waals surface area contributed by atoms with Gasteiger partial charge in [-0.15, -0.1) is 0 Å². The van der Waals surface area contributed by atoms with Gasteiger partial charge in [-0.3, -0.25) is 0 Å². The maximum atomic E-state index is 12.1. The molecule has 2 fully saturated rings. The fourth-order valence-corrected chi connectivity index (χ4v) is 4.03. The Bertz CT molecular complexity index is 420. The molecule has 0 aromatic carbocycles. The third-order valence-electron chi connectivity index (χ3n) is 5.47. The molecular formula is C16H26N2O3. The third-order valence-corrected chi connectivity index (χ3v) is 5.47. The zero-order valence-corrected chi connectivity index (χ0v) is 12.7. The quantitative estimate of drug-likeness (QED) is 0.674. The number of hydrogen-bond acceptors (Lipinski definition) is 3. The molecular weight excluding hydrogens is 268 g/mol. The number of nitrogens with one attached hydrogen (secondary N) is 2. The molecule has 3 aliphatic carbocycles. The average Bonchev–Trinajstić information content (AvgIpc) is 2.83. The smallest absolute Gasteiger partial charge is 0.315 e. The molecule has 0 aliphatic heterocycles. The lowest BCUT2D eigenvalue weighted by Crippen LogP contribution is -2.68. The predicted octanol–water partition coefficient (Wildman–Crippen LogP) is 1.57. The summed E-state index contributed by atoms with van der Waals surface area (Å²) in [6.07, 6.45) is 9.58. The van der Waals surface area contributed by atoms with E-state index in [1.807, 2.05) is 19.1 Å². The molecule has 2 unspecified atom stereocenters. The molecule has 0 bridgehead atoms. The summed E-state index contributed by atoms with van der Waals surface area (Å²) in [4.78, 5) is 12.1. The van der Waals surface area contributed by atoms with Gasteiger partial charge in [-0.1, -0.05) is 18.6 Å². The van der Waals surface area contributed by atoms with Gasteiger partial charge in [0.1, 0.15) is 0 Å². The van der Waals surface area contributed by atoms with E-state index < -0.39 is 0 Å². The summed E-state index contributed by atoms with van der Waals surface area (Å²) in [5.41, 5.74) is 0.201. The number of ether oxygens (including phenoxy) is 1. The van der Waals surface area contributed by atoms with Gasteiger partial charge in [0.05, 0.1) is 6.10 Å². The van der Waals surface area contributed by atoms with Crippen molar-refractivity contribution in [3.8, 4) is 0 Å². The van der Waals surface area contributed by atoms with Crippen LogP contribution in [0, 0.1) is 11.3 Å². The van der Waals surface area contributed by atoms with Gasteiger partial charge in [0, 0.05) is 36.6 Å². The zero-order valence-electron chi connectivity index (χ0n) is 12.7. The summed E-state index contributed by atoms with van der Waals surface area (Å²) in [6.45, 7) is 2.93. The number of rotatable bonds is 5. The van der Waals surface area contributed by atoms with E-state index >= 15 is 0 Å². The van der Waals surface area contributed by atoms with E-state index in [-0.39, 0.29) is 36.1 Å². The monoisotopic (exact) mass is 294 g/mol. The Labute approximate surface area is 126 Å². The van der Waals surface area contributed by atoms with Gasteiger partial charge in [-0.2, -0.15) is 0 Å².